The third kappa shape index (κ3) is 3.40. The lowest BCUT2D eigenvalue weighted by molar-refractivity contribution is 0.0643. The number of carbonyl (C=O) groups is 1. The summed E-state index contributed by atoms with van der Waals surface area (Å²) in [6, 6.07) is 11.5. The van der Waals surface area contributed by atoms with Crippen LogP contribution in [0.4, 0.5) is 8.78 Å². The highest BCUT2D eigenvalue weighted by Gasteiger charge is 2.39. The summed E-state index contributed by atoms with van der Waals surface area (Å²) in [7, 11) is 0. The molecule has 34 heavy (non-hydrogen) atoms. The summed E-state index contributed by atoms with van der Waals surface area (Å²) in [5, 5.41) is 12.3. The summed E-state index contributed by atoms with van der Waals surface area (Å²) in [4.78, 5) is 27.1. The summed E-state index contributed by atoms with van der Waals surface area (Å²) in [5.41, 5.74) is 0.134. The van der Waals surface area contributed by atoms with Gasteiger partial charge in [0.25, 0.3) is 5.91 Å². The Kier molecular flexibility index (Phi) is 5.31. The van der Waals surface area contributed by atoms with Gasteiger partial charge in [0, 0.05) is 23.9 Å². The molecular weight excluding hydrogens is 444 g/mol. The van der Waals surface area contributed by atoms with Gasteiger partial charge in [0.1, 0.15) is 19.3 Å². The molecule has 0 saturated heterocycles. The summed E-state index contributed by atoms with van der Waals surface area (Å²) < 4.78 is 36.3. The molecule has 3 heterocycles. The SMILES string of the molecule is C[C@@H]1/C=C\COc2c(ccc(F)c2F)[C@@H](c2ccccc2)N2CN1C(=O)c1c(O)c(=O)ccn12. The summed E-state index contributed by atoms with van der Waals surface area (Å²) >= 11 is 0. The highest BCUT2D eigenvalue weighted by Crippen LogP contribution is 2.39. The number of halogens is 2. The topological polar surface area (TPSA) is 75.0 Å². The average molecular weight is 465 g/mol. The standard InChI is InChI=1S/C25H21F2N3O4/c1-15-6-5-13-34-24-17(9-10-18(26)20(24)27)21(16-7-3-2-4-8-16)30-14-28(15)25(33)22-23(32)19(31)11-12-29(22)30/h2-12,15,21,32H,13-14H2,1H3/b6-5-/t15-,21-/m1/s1. The molecule has 3 aromatic rings. The minimum atomic E-state index is -1.12. The molecule has 2 aromatic carbocycles. The number of aromatic nitrogens is 1. The number of fused-ring (bicyclic) bond motifs is 5. The average Bonchev–Trinajstić information content (AvgIpc) is 2.86. The van der Waals surface area contributed by atoms with Gasteiger partial charge < -0.3 is 14.7 Å². The fourth-order valence-corrected chi connectivity index (χ4v) is 4.42. The monoisotopic (exact) mass is 465 g/mol. The zero-order chi connectivity index (χ0) is 24.0. The molecule has 2 aliphatic heterocycles. The minimum absolute atomic E-state index is 0.0393. The molecule has 5 rings (SSSR count). The number of hydrogen-bond donors (Lipinski definition) is 1. The van der Waals surface area contributed by atoms with Crippen LogP contribution in [-0.2, 0) is 0 Å². The summed E-state index contributed by atoms with van der Waals surface area (Å²) in [6.45, 7) is 1.78. The molecule has 0 unspecified atom stereocenters. The Balaban J connectivity index is 1.84. The molecule has 2 aliphatic rings. The Bertz CT molecular complexity index is 1360. The first-order chi connectivity index (χ1) is 16.4. The first-order valence-electron chi connectivity index (χ1n) is 10.7. The van der Waals surface area contributed by atoms with Crippen molar-refractivity contribution in [2.24, 2.45) is 0 Å². The highest BCUT2D eigenvalue weighted by molar-refractivity contribution is 5.96. The smallest absolute Gasteiger partial charge is 0.278 e. The van der Waals surface area contributed by atoms with E-state index in [0.29, 0.717) is 11.1 Å². The maximum absolute atomic E-state index is 15.0. The van der Waals surface area contributed by atoms with Crippen LogP contribution in [0.2, 0.25) is 0 Å². The van der Waals surface area contributed by atoms with Gasteiger partial charge in [-0.05, 0) is 30.7 Å². The molecule has 9 heteroatoms. The van der Waals surface area contributed by atoms with Gasteiger partial charge in [-0.15, -0.1) is 0 Å². The normalized spacial score (nSPS) is 20.6. The molecule has 1 N–H and O–H groups in total. The molecule has 0 aliphatic carbocycles. The fourth-order valence-electron chi connectivity index (χ4n) is 4.42. The van der Waals surface area contributed by atoms with Crippen molar-refractivity contribution < 1.29 is 23.4 Å². The molecule has 0 saturated carbocycles. The van der Waals surface area contributed by atoms with Crippen molar-refractivity contribution in [1.82, 2.24) is 9.58 Å². The van der Waals surface area contributed by atoms with E-state index >= 15 is 0 Å². The van der Waals surface area contributed by atoms with Gasteiger partial charge in [0.05, 0.1) is 0 Å². The van der Waals surface area contributed by atoms with E-state index in [-0.39, 0.29) is 24.7 Å². The molecule has 2 atom stereocenters. The van der Waals surface area contributed by atoms with Gasteiger partial charge in [-0.3, -0.25) is 19.3 Å². The Morgan fingerprint density at radius 2 is 1.82 bits per heavy atom. The Labute approximate surface area is 193 Å². The van der Waals surface area contributed by atoms with Gasteiger partial charge in [0.15, 0.2) is 23.0 Å². The predicted molar refractivity (Wildman–Crippen MR) is 120 cm³/mol. The first-order valence-corrected chi connectivity index (χ1v) is 10.7. The zero-order valence-electron chi connectivity index (χ0n) is 18.2. The number of aromatic hydroxyl groups is 1. The number of rotatable bonds is 1. The lowest BCUT2D eigenvalue weighted by Crippen LogP contribution is -2.57. The van der Waals surface area contributed by atoms with Gasteiger partial charge in [-0.1, -0.05) is 36.4 Å². The zero-order valence-corrected chi connectivity index (χ0v) is 18.2. The van der Waals surface area contributed by atoms with Crippen molar-refractivity contribution in [1.29, 1.82) is 0 Å². The second kappa shape index (κ2) is 8.33. The predicted octanol–water partition coefficient (Wildman–Crippen LogP) is 3.31. The van der Waals surface area contributed by atoms with Crippen molar-refractivity contribution in [3.05, 3.63) is 106 Å². The van der Waals surface area contributed by atoms with Crippen molar-refractivity contribution in [2.45, 2.75) is 19.0 Å². The second-order valence-electron chi connectivity index (χ2n) is 8.15. The number of hydrogen-bond acceptors (Lipinski definition) is 5. The lowest BCUT2D eigenvalue weighted by atomic mass is 9.96. The van der Waals surface area contributed by atoms with Gasteiger partial charge in [0.2, 0.25) is 11.2 Å². The van der Waals surface area contributed by atoms with Crippen LogP contribution in [-0.4, -0.2) is 39.9 Å². The van der Waals surface area contributed by atoms with Crippen molar-refractivity contribution in [3.8, 4) is 11.5 Å². The number of ether oxygens (including phenoxy) is 1. The molecule has 2 bridgehead atoms. The molecule has 1 amide bonds. The first kappa shape index (κ1) is 21.7. The van der Waals surface area contributed by atoms with Crippen molar-refractivity contribution in [3.63, 3.8) is 0 Å². The van der Waals surface area contributed by atoms with Crippen LogP contribution in [0.25, 0.3) is 0 Å². The largest absolute Gasteiger partial charge is 0.502 e. The molecule has 0 fully saturated rings. The van der Waals surface area contributed by atoms with E-state index in [1.54, 1.807) is 24.1 Å². The van der Waals surface area contributed by atoms with E-state index < -0.39 is 40.8 Å². The van der Waals surface area contributed by atoms with Gasteiger partial charge in [-0.2, -0.15) is 4.39 Å². The summed E-state index contributed by atoms with van der Waals surface area (Å²) in [5.74, 6) is -3.62. The van der Waals surface area contributed by atoms with Crippen LogP contribution in [0.1, 0.15) is 34.6 Å². The second-order valence-corrected chi connectivity index (χ2v) is 8.15. The van der Waals surface area contributed by atoms with Crippen molar-refractivity contribution in [2.75, 3.05) is 18.3 Å². The number of pyridine rings is 1. The third-order valence-electron chi connectivity index (χ3n) is 6.11. The third-order valence-corrected chi connectivity index (χ3v) is 6.11. The van der Waals surface area contributed by atoms with Crippen LogP contribution in [0, 0.1) is 11.6 Å². The highest BCUT2D eigenvalue weighted by atomic mass is 19.2. The molecule has 0 radical (unpaired) electrons. The van der Waals surface area contributed by atoms with Crippen LogP contribution < -0.4 is 15.2 Å². The van der Waals surface area contributed by atoms with E-state index in [4.69, 9.17) is 4.74 Å². The quantitative estimate of drug-likeness (QED) is 0.559. The molecule has 1 aromatic heterocycles. The number of amides is 1. The van der Waals surface area contributed by atoms with E-state index in [1.807, 2.05) is 30.3 Å². The Hall–Kier alpha value is -4.14. The van der Waals surface area contributed by atoms with Gasteiger partial charge in [-0.25, -0.2) is 4.39 Å². The molecular formula is C25H21F2N3O4. The van der Waals surface area contributed by atoms with E-state index in [2.05, 4.69) is 0 Å². The molecule has 174 valence electrons. The van der Waals surface area contributed by atoms with Gasteiger partial charge >= 0.3 is 0 Å². The number of benzene rings is 2. The maximum atomic E-state index is 15.0. The van der Waals surface area contributed by atoms with E-state index in [1.165, 1.54) is 21.8 Å². The van der Waals surface area contributed by atoms with Crippen LogP contribution in [0.3, 0.4) is 0 Å². The number of carbonyl (C=O) groups excluding carboxylic acids is 1. The van der Waals surface area contributed by atoms with Crippen LogP contribution >= 0.6 is 0 Å². The van der Waals surface area contributed by atoms with Crippen molar-refractivity contribution >= 4 is 5.91 Å². The molecule has 0 spiro atoms. The van der Waals surface area contributed by atoms with Crippen LogP contribution in [0.15, 0.2) is 71.7 Å². The van der Waals surface area contributed by atoms with Crippen LogP contribution in [0.5, 0.6) is 11.5 Å². The van der Waals surface area contributed by atoms with E-state index in [9.17, 15) is 23.5 Å². The fraction of sp³-hybridized carbons (Fsp3) is 0.200. The van der Waals surface area contributed by atoms with E-state index in [0.717, 1.165) is 12.1 Å². The summed E-state index contributed by atoms with van der Waals surface area (Å²) in [6.07, 6.45) is 4.71. The lowest BCUT2D eigenvalue weighted by Gasteiger charge is -2.45. The molecule has 7 nitrogen and oxygen atoms in total. The number of nitrogens with zero attached hydrogens (tertiary/aromatic N) is 3. The maximum Gasteiger partial charge on any atom is 0.278 e. The Morgan fingerprint density at radius 1 is 1.06 bits per heavy atom. The minimum Gasteiger partial charge on any atom is -0.502 e. The Morgan fingerprint density at radius 3 is 2.59 bits per heavy atom.